The Balaban J connectivity index is 2.88. The maximum atomic E-state index is 11.6. The molecule has 0 aliphatic rings. The van der Waals surface area contributed by atoms with Crippen LogP contribution >= 0.6 is 11.3 Å². The fourth-order valence-corrected chi connectivity index (χ4v) is 2.91. The summed E-state index contributed by atoms with van der Waals surface area (Å²) in [4.78, 5) is 10.5. The largest absolute Gasteiger partial charge is 0.477 e. The Morgan fingerprint density at radius 3 is 2.81 bits per heavy atom. The van der Waals surface area contributed by atoms with Gasteiger partial charge in [0.05, 0.1) is 11.4 Å². The second kappa shape index (κ2) is 5.12. The highest BCUT2D eigenvalue weighted by Crippen LogP contribution is 2.18. The van der Waals surface area contributed by atoms with Crippen LogP contribution in [0.25, 0.3) is 0 Å². The van der Waals surface area contributed by atoms with Gasteiger partial charge in [-0.3, -0.25) is 0 Å². The van der Waals surface area contributed by atoms with Crippen LogP contribution in [0.3, 0.4) is 0 Å². The van der Waals surface area contributed by atoms with Crippen molar-refractivity contribution in [3.8, 4) is 11.8 Å². The predicted octanol–water partition coefficient (Wildman–Crippen LogP) is 0.748. The smallest absolute Gasteiger partial charge is 0.345 e. The summed E-state index contributed by atoms with van der Waals surface area (Å²) in [5, 5.41) is 9.93. The molecular formula is C9H9NO4S2. The first kappa shape index (κ1) is 12.7. The molecule has 0 amide bonds. The third-order valence-electron chi connectivity index (χ3n) is 1.62. The van der Waals surface area contributed by atoms with Crippen molar-refractivity contribution in [3.63, 3.8) is 0 Å². The van der Waals surface area contributed by atoms with Crippen molar-refractivity contribution >= 4 is 27.3 Å². The molecular weight excluding hydrogens is 250 g/mol. The molecule has 2 N–H and O–H groups in total. The lowest BCUT2D eigenvalue weighted by Crippen LogP contribution is -2.23. The van der Waals surface area contributed by atoms with Gasteiger partial charge in [0.1, 0.15) is 4.88 Å². The van der Waals surface area contributed by atoms with E-state index in [4.69, 9.17) is 5.11 Å². The van der Waals surface area contributed by atoms with E-state index in [-0.39, 0.29) is 16.3 Å². The molecule has 0 spiro atoms. The Morgan fingerprint density at radius 1 is 1.62 bits per heavy atom. The van der Waals surface area contributed by atoms with Crippen LogP contribution in [0.15, 0.2) is 16.3 Å². The molecule has 0 saturated carbocycles. The molecule has 0 fully saturated rings. The summed E-state index contributed by atoms with van der Waals surface area (Å²) in [6.45, 7) is 1.61. The van der Waals surface area contributed by atoms with Gasteiger partial charge in [-0.1, -0.05) is 5.92 Å². The molecule has 0 radical (unpaired) electrons. The summed E-state index contributed by atoms with van der Waals surface area (Å²) >= 11 is 0.869. The first-order valence-electron chi connectivity index (χ1n) is 4.18. The van der Waals surface area contributed by atoms with E-state index in [9.17, 15) is 13.2 Å². The Hall–Kier alpha value is -1.36. The van der Waals surface area contributed by atoms with Crippen LogP contribution < -0.4 is 4.72 Å². The van der Waals surface area contributed by atoms with E-state index in [2.05, 4.69) is 16.6 Å². The average molecular weight is 259 g/mol. The van der Waals surface area contributed by atoms with Crippen molar-refractivity contribution in [2.75, 3.05) is 6.54 Å². The van der Waals surface area contributed by atoms with E-state index in [0.717, 1.165) is 17.4 Å². The number of hydrogen-bond acceptors (Lipinski definition) is 4. The average Bonchev–Trinajstić information content (AvgIpc) is 2.67. The van der Waals surface area contributed by atoms with Crippen molar-refractivity contribution in [2.24, 2.45) is 0 Å². The van der Waals surface area contributed by atoms with E-state index >= 15 is 0 Å². The first-order chi connectivity index (χ1) is 7.47. The number of rotatable bonds is 4. The van der Waals surface area contributed by atoms with Crippen molar-refractivity contribution in [2.45, 2.75) is 11.8 Å². The standard InChI is InChI=1S/C9H9NO4S2/c1-2-3-4-10-16(13,14)7-5-8(9(11)12)15-6-7/h5-6,10H,4H2,1H3,(H,11,12). The lowest BCUT2D eigenvalue weighted by Gasteiger charge is -1.99. The van der Waals surface area contributed by atoms with Crippen molar-refractivity contribution in [1.82, 2.24) is 4.72 Å². The molecule has 0 aliphatic heterocycles. The minimum absolute atomic E-state index is 0.0110. The maximum absolute atomic E-state index is 11.6. The Bertz CT molecular complexity index is 548. The van der Waals surface area contributed by atoms with Gasteiger partial charge >= 0.3 is 5.97 Å². The Labute approximate surface area is 97.2 Å². The quantitative estimate of drug-likeness (QED) is 0.781. The van der Waals surface area contributed by atoms with Gasteiger partial charge in [-0.2, -0.15) is 4.72 Å². The predicted molar refractivity (Wildman–Crippen MR) is 59.9 cm³/mol. The van der Waals surface area contributed by atoms with Gasteiger partial charge in [-0.15, -0.1) is 17.3 Å². The van der Waals surface area contributed by atoms with E-state index in [1.807, 2.05) is 0 Å². The number of sulfonamides is 1. The van der Waals surface area contributed by atoms with E-state index in [1.54, 1.807) is 6.92 Å². The number of carbonyl (C=O) groups is 1. The van der Waals surface area contributed by atoms with Crippen LogP contribution in [-0.4, -0.2) is 26.0 Å². The van der Waals surface area contributed by atoms with Crippen LogP contribution in [0, 0.1) is 11.8 Å². The molecule has 16 heavy (non-hydrogen) atoms. The highest BCUT2D eigenvalue weighted by atomic mass is 32.2. The molecule has 0 aliphatic carbocycles. The van der Waals surface area contributed by atoms with E-state index in [0.29, 0.717) is 0 Å². The zero-order valence-electron chi connectivity index (χ0n) is 8.35. The zero-order chi connectivity index (χ0) is 12.2. The number of nitrogens with one attached hydrogen (secondary N) is 1. The van der Waals surface area contributed by atoms with Crippen LogP contribution in [-0.2, 0) is 10.0 Å². The number of hydrogen-bond donors (Lipinski definition) is 2. The summed E-state index contributed by atoms with van der Waals surface area (Å²) in [6, 6.07) is 1.12. The summed E-state index contributed by atoms with van der Waals surface area (Å²) in [6.07, 6.45) is 0. The van der Waals surface area contributed by atoms with Crippen molar-refractivity contribution < 1.29 is 18.3 Å². The molecule has 0 atom stereocenters. The molecule has 86 valence electrons. The monoisotopic (exact) mass is 259 g/mol. The highest BCUT2D eigenvalue weighted by Gasteiger charge is 2.17. The number of thiophene rings is 1. The lowest BCUT2D eigenvalue weighted by molar-refractivity contribution is 0.0702. The van der Waals surface area contributed by atoms with Gasteiger partial charge in [0.25, 0.3) is 0 Å². The molecule has 0 saturated heterocycles. The van der Waals surface area contributed by atoms with E-state index in [1.165, 1.54) is 5.38 Å². The summed E-state index contributed by atoms with van der Waals surface area (Å²) < 4.78 is 25.4. The fraction of sp³-hybridized carbons (Fsp3) is 0.222. The molecule has 7 heteroatoms. The minimum Gasteiger partial charge on any atom is -0.477 e. The molecule has 5 nitrogen and oxygen atoms in total. The molecule has 0 aromatic carbocycles. The summed E-state index contributed by atoms with van der Waals surface area (Å²) in [7, 11) is -3.65. The highest BCUT2D eigenvalue weighted by molar-refractivity contribution is 7.89. The SMILES string of the molecule is CC#CCNS(=O)(=O)c1csc(C(=O)O)c1. The van der Waals surface area contributed by atoms with Gasteiger partial charge in [-0.25, -0.2) is 13.2 Å². The number of carboxylic acid groups (broad SMARTS) is 1. The molecule has 1 heterocycles. The number of carboxylic acids is 1. The second-order valence-corrected chi connectivity index (χ2v) is 5.38. The second-order valence-electron chi connectivity index (χ2n) is 2.70. The molecule has 1 rings (SSSR count). The number of aromatic carboxylic acids is 1. The van der Waals surface area contributed by atoms with Crippen molar-refractivity contribution in [1.29, 1.82) is 0 Å². The topological polar surface area (TPSA) is 83.5 Å². The van der Waals surface area contributed by atoms with Gasteiger partial charge < -0.3 is 5.11 Å². The maximum Gasteiger partial charge on any atom is 0.345 e. The fourth-order valence-electron chi connectivity index (χ4n) is 0.875. The lowest BCUT2D eigenvalue weighted by atomic mass is 10.5. The van der Waals surface area contributed by atoms with Crippen molar-refractivity contribution in [3.05, 3.63) is 16.3 Å². The third kappa shape index (κ3) is 3.06. The summed E-state index contributed by atoms with van der Waals surface area (Å²) in [5.74, 6) is 3.96. The van der Waals surface area contributed by atoms with Crippen LogP contribution in [0.2, 0.25) is 0 Å². The normalized spacial score (nSPS) is 10.6. The Morgan fingerprint density at radius 2 is 2.31 bits per heavy atom. The Kier molecular flexibility index (Phi) is 4.06. The first-order valence-corrected chi connectivity index (χ1v) is 6.55. The molecule has 0 bridgehead atoms. The summed E-state index contributed by atoms with van der Waals surface area (Å²) in [5.41, 5.74) is 0. The third-order valence-corrected chi connectivity index (χ3v) is 4.07. The van der Waals surface area contributed by atoms with Crippen LogP contribution in [0.5, 0.6) is 0 Å². The van der Waals surface area contributed by atoms with E-state index < -0.39 is 16.0 Å². The molecule has 1 aromatic heterocycles. The van der Waals surface area contributed by atoms with Gasteiger partial charge in [0.15, 0.2) is 0 Å². The minimum atomic E-state index is -3.65. The van der Waals surface area contributed by atoms with Crippen LogP contribution in [0.4, 0.5) is 0 Å². The van der Waals surface area contributed by atoms with Gasteiger partial charge in [0.2, 0.25) is 10.0 Å². The molecule has 0 unspecified atom stereocenters. The van der Waals surface area contributed by atoms with Crippen LogP contribution in [0.1, 0.15) is 16.6 Å². The van der Waals surface area contributed by atoms with Gasteiger partial charge in [0, 0.05) is 5.38 Å². The molecule has 1 aromatic rings. The van der Waals surface area contributed by atoms with Gasteiger partial charge in [-0.05, 0) is 13.0 Å². The zero-order valence-corrected chi connectivity index (χ0v) is 9.98.